The Kier molecular flexibility index (Phi) is 6.42. The summed E-state index contributed by atoms with van der Waals surface area (Å²) in [6.07, 6.45) is 1.79. The lowest BCUT2D eigenvalue weighted by Gasteiger charge is -2.34. The zero-order chi connectivity index (χ0) is 22.1. The van der Waals surface area contributed by atoms with Gasteiger partial charge in [-0.15, -0.1) is 0 Å². The molecule has 3 amide bonds. The molecular weight excluding hydrogens is 391 g/mol. The minimum Gasteiger partial charge on any atom is -0.370 e. The quantitative estimate of drug-likeness (QED) is 0.651. The first-order chi connectivity index (χ1) is 14.1. The molecule has 2 fully saturated rings. The van der Waals surface area contributed by atoms with E-state index in [0.29, 0.717) is 25.4 Å². The minimum atomic E-state index is -1.18. The number of halogens is 1. The van der Waals surface area contributed by atoms with Gasteiger partial charge in [0.2, 0.25) is 5.91 Å². The second-order valence-electron chi connectivity index (χ2n) is 9.02. The Morgan fingerprint density at radius 2 is 2.07 bits per heavy atom. The van der Waals surface area contributed by atoms with E-state index in [1.807, 2.05) is 25.7 Å². The average Bonchev–Trinajstić information content (AvgIpc) is 3.47. The van der Waals surface area contributed by atoms with Crippen LogP contribution in [0.3, 0.4) is 0 Å². The third-order valence-corrected chi connectivity index (χ3v) is 5.03. The smallest absolute Gasteiger partial charge is 0.253 e. The van der Waals surface area contributed by atoms with E-state index in [9.17, 15) is 18.8 Å². The number of anilines is 2. The number of benzene rings is 1. The molecule has 8 nitrogen and oxygen atoms in total. The molecule has 1 aromatic rings. The first-order valence-corrected chi connectivity index (χ1v) is 10.1. The molecule has 0 aromatic heterocycles. The van der Waals surface area contributed by atoms with Crippen LogP contribution < -0.4 is 16.0 Å². The minimum absolute atomic E-state index is 0.0504. The van der Waals surface area contributed by atoms with Crippen molar-refractivity contribution in [3.63, 3.8) is 0 Å². The predicted octanol–water partition coefficient (Wildman–Crippen LogP) is 1.49. The van der Waals surface area contributed by atoms with Gasteiger partial charge in [0.15, 0.2) is 6.04 Å². The number of nitrogens with two attached hydrogens (primary N) is 1. The van der Waals surface area contributed by atoms with E-state index in [1.54, 1.807) is 6.07 Å². The second-order valence-corrected chi connectivity index (χ2v) is 9.02. The fraction of sp³-hybridized carbons (Fsp3) is 0.571. The van der Waals surface area contributed by atoms with Gasteiger partial charge in [-0.25, -0.2) is 4.39 Å². The Morgan fingerprint density at radius 1 is 1.37 bits per heavy atom. The summed E-state index contributed by atoms with van der Waals surface area (Å²) < 4.78 is 19.8. The van der Waals surface area contributed by atoms with E-state index in [0.717, 1.165) is 12.8 Å². The first-order valence-electron chi connectivity index (χ1n) is 10.1. The third kappa shape index (κ3) is 5.34. The first kappa shape index (κ1) is 22.2. The van der Waals surface area contributed by atoms with E-state index >= 15 is 0 Å². The summed E-state index contributed by atoms with van der Waals surface area (Å²) in [6.45, 7) is 7.22. The van der Waals surface area contributed by atoms with E-state index in [1.165, 1.54) is 17.0 Å². The van der Waals surface area contributed by atoms with Crippen LogP contribution in [-0.2, 0) is 19.1 Å². The molecule has 1 saturated heterocycles. The molecule has 1 atom stereocenters. The number of nitrogens with zero attached hydrogens (tertiary/aromatic N) is 2. The molecule has 9 heteroatoms. The second kappa shape index (κ2) is 8.69. The van der Waals surface area contributed by atoms with Crippen molar-refractivity contribution in [3.8, 4) is 0 Å². The zero-order valence-corrected chi connectivity index (χ0v) is 17.6. The van der Waals surface area contributed by atoms with Gasteiger partial charge >= 0.3 is 0 Å². The Morgan fingerprint density at radius 3 is 2.60 bits per heavy atom. The molecule has 3 N–H and O–H groups in total. The number of primary amides is 1. The van der Waals surface area contributed by atoms with Gasteiger partial charge in [0.25, 0.3) is 11.8 Å². The number of morpholine rings is 1. The van der Waals surface area contributed by atoms with E-state index in [4.69, 9.17) is 10.5 Å². The number of carbonyl (C=O) groups is 3. The van der Waals surface area contributed by atoms with Crippen molar-refractivity contribution in [3.05, 3.63) is 24.0 Å². The molecule has 0 spiro atoms. The van der Waals surface area contributed by atoms with Crippen LogP contribution in [0.4, 0.5) is 15.8 Å². The number of rotatable bonds is 7. The molecule has 3 rings (SSSR count). The van der Waals surface area contributed by atoms with Crippen molar-refractivity contribution in [2.45, 2.75) is 45.7 Å². The van der Waals surface area contributed by atoms with Crippen LogP contribution in [0.25, 0.3) is 0 Å². The lowest BCUT2D eigenvalue weighted by molar-refractivity contribution is -0.133. The highest BCUT2D eigenvalue weighted by Crippen LogP contribution is 2.32. The van der Waals surface area contributed by atoms with Crippen LogP contribution >= 0.6 is 0 Å². The fourth-order valence-electron chi connectivity index (χ4n) is 3.59. The number of carbonyl (C=O) groups excluding carboxylic acids is 3. The summed E-state index contributed by atoms with van der Waals surface area (Å²) in [6, 6.07) is 3.05. The Bertz CT molecular complexity index is 835. The van der Waals surface area contributed by atoms with Crippen LogP contribution in [0, 0.1) is 11.2 Å². The van der Waals surface area contributed by atoms with Crippen LogP contribution in [0.5, 0.6) is 0 Å². The van der Waals surface area contributed by atoms with Gasteiger partial charge in [-0.3, -0.25) is 19.3 Å². The predicted molar refractivity (Wildman–Crippen MR) is 110 cm³/mol. The number of hydrogen-bond acceptors (Lipinski definition) is 5. The highest BCUT2D eigenvalue weighted by molar-refractivity contribution is 6.09. The van der Waals surface area contributed by atoms with Gasteiger partial charge in [-0.05, 0) is 36.5 Å². The van der Waals surface area contributed by atoms with Gasteiger partial charge in [-0.2, -0.15) is 0 Å². The number of amides is 3. The molecular formula is C21H29FN4O4. The van der Waals surface area contributed by atoms with E-state index < -0.39 is 23.7 Å². The largest absolute Gasteiger partial charge is 0.370 e. The summed E-state index contributed by atoms with van der Waals surface area (Å²) in [7, 11) is 0. The number of nitrogens with one attached hydrogen (secondary N) is 1. The lowest BCUT2D eigenvalue weighted by atomic mass is 9.94. The summed E-state index contributed by atoms with van der Waals surface area (Å²) in [5.41, 5.74) is 5.73. The zero-order valence-electron chi connectivity index (χ0n) is 17.6. The van der Waals surface area contributed by atoms with Crippen molar-refractivity contribution < 1.29 is 23.5 Å². The van der Waals surface area contributed by atoms with Gasteiger partial charge in [0.1, 0.15) is 12.4 Å². The maximum absolute atomic E-state index is 14.7. The molecule has 30 heavy (non-hydrogen) atoms. The van der Waals surface area contributed by atoms with Crippen molar-refractivity contribution >= 4 is 29.1 Å². The average molecular weight is 420 g/mol. The molecule has 1 heterocycles. The highest BCUT2D eigenvalue weighted by Gasteiger charge is 2.42. The summed E-state index contributed by atoms with van der Waals surface area (Å²) >= 11 is 0. The van der Waals surface area contributed by atoms with Gasteiger partial charge < -0.3 is 20.7 Å². The Balaban J connectivity index is 1.77. The van der Waals surface area contributed by atoms with Crippen molar-refractivity contribution in [1.29, 1.82) is 0 Å². The highest BCUT2D eigenvalue weighted by atomic mass is 19.1. The molecule has 0 bridgehead atoms. The monoisotopic (exact) mass is 420 g/mol. The Hall–Kier alpha value is -2.52. The summed E-state index contributed by atoms with van der Waals surface area (Å²) in [5, 5.41) is 2.50. The maximum Gasteiger partial charge on any atom is 0.253 e. The van der Waals surface area contributed by atoms with Crippen molar-refractivity contribution in [1.82, 2.24) is 4.90 Å². The van der Waals surface area contributed by atoms with Crippen molar-refractivity contribution in [2.75, 3.05) is 36.5 Å². The van der Waals surface area contributed by atoms with Crippen LogP contribution in [0.15, 0.2) is 18.2 Å². The topological polar surface area (TPSA) is 105 Å². The molecule has 164 valence electrons. The molecule has 0 unspecified atom stereocenters. The van der Waals surface area contributed by atoms with Gasteiger partial charge in [-0.1, -0.05) is 20.8 Å². The normalized spacial score (nSPS) is 18.4. The standard InChI is InChI=1S/C21H29FN4O4/c1-21(2,3)12-26(13-4-5-13)18(19(23)28)20(29)24-16-7-6-14(10-15(16)22)25-8-9-30-11-17(25)27/h6-7,10,13,18H,4-5,8-9,11-12H2,1-3H3,(H2,23,28)(H,24,29)/t18-/m1/s1. The fourth-order valence-corrected chi connectivity index (χ4v) is 3.59. The molecule has 1 aliphatic heterocycles. The molecule has 1 aromatic carbocycles. The van der Waals surface area contributed by atoms with E-state index in [-0.39, 0.29) is 29.7 Å². The van der Waals surface area contributed by atoms with Gasteiger partial charge in [0.05, 0.1) is 12.3 Å². The van der Waals surface area contributed by atoms with Crippen LogP contribution in [-0.4, -0.2) is 61.0 Å². The van der Waals surface area contributed by atoms with Crippen molar-refractivity contribution in [2.24, 2.45) is 11.1 Å². The number of hydrogen-bond donors (Lipinski definition) is 2. The molecule has 1 aliphatic carbocycles. The van der Waals surface area contributed by atoms with E-state index in [2.05, 4.69) is 5.32 Å². The third-order valence-electron chi connectivity index (χ3n) is 5.03. The SMILES string of the molecule is CC(C)(C)CN(C1CC1)[C@H](C(N)=O)C(=O)Nc1ccc(N2CCOCC2=O)cc1F. The summed E-state index contributed by atoms with van der Waals surface area (Å²) in [5.74, 6) is -2.38. The molecule has 0 radical (unpaired) electrons. The number of ether oxygens (including phenoxy) is 1. The molecule has 2 aliphatic rings. The lowest BCUT2D eigenvalue weighted by Crippen LogP contribution is -2.55. The summed E-state index contributed by atoms with van der Waals surface area (Å²) in [4.78, 5) is 40.2. The van der Waals surface area contributed by atoms with Crippen LogP contribution in [0.2, 0.25) is 0 Å². The Labute approximate surface area is 175 Å². The van der Waals surface area contributed by atoms with Gasteiger partial charge in [0, 0.05) is 24.8 Å². The maximum atomic E-state index is 14.7. The molecule has 1 saturated carbocycles. The van der Waals surface area contributed by atoms with Crippen LogP contribution in [0.1, 0.15) is 33.6 Å².